The Kier molecular flexibility index (Phi) is 8.73. The van der Waals surface area contributed by atoms with Crippen molar-refractivity contribution in [2.24, 2.45) is 5.92 Å². The zero-order valence-corrected chi connectivity index (χ0v) is 21.1. The number of nitrogens with zero attached hydrogens (tertiary/aromatic N) is 3. The van der Waals surface area contributed by atoms with Crippen LogP contribution in [-0.4, -0.2) is 39.2 Å². The number of hydrogen-bond acceptors (Lipinski definition) is 6. The molecule has 2 heterocycles. The van der Waals surface area contributed by atoms with E-state index >= 15 is 0 Å². The van der Waals surface area contributed by atoms with E-state index in [0.717, 1.165) is 18.4 Å². The van der Waals surface area contributed by atoms with Crippen LogP contribution in [0.2, 0.25) is 0 Å². The fourth-order valence-electron chi connectivity index (χ4n) is 4.02. The molecular weight excluding hydrogens is 450 g/mol. The van der Waals surface area contributed by atoms with Crippen LogP contribution >= 0.6 is 0 Å². The van der Waals surface area contributed by atoms with Crippen molar-refractivity contribution in [2.75, 3.05) is 14.2 Å². The van der Waals surface area contributed by atoms with Crippen molar-refractivity contribution in [3.05, 3.63) is 50.4 Å². The highest BCUT2D eigenvalue weighted by Crippen LogP contribution is 2.24. The van der Waals surface area contributed by atoms with E-state index in [1.165, 1.54) is 4.57 Å². The van der Waals surface area contributed by atoms with Gasteiger partial charge in [-0.2, -0.15) is 0 Å². The molecule has 0 aliphatic rings. The zero-order valence-electron chi connectivity index (χ0n) is 21.1. The molecule has 0 radical (unpaired) electrons. The van der Waals surface area contributed by atoms with Gasteiger partial charge in [0.25, 0.3) is 5.56 Å². The summed E-state index contributed by atoms with van der Waals surface area (Å²) in [5, 5.41) is 2.91. The third-order valence-corrected chi connectivity index (χ3v) is 5.79. The minimum Gasteiger partial charge on any atom is -0.497 e. The molecule has 2 aromatic heterocycles. The van der Waals surface area contributed by atoms with Gasteiger partial charge in [-0.15, -0.1) is 0 Å². The molecule has 1 aromatic carbocycles. The molecule has 3 rings (SSSR count). The van der Waals surface area contributed by atoms with Crippen molar-refractivity contribution in [1.82, 2.24) is 24.4 Å². The average Bonchev–Trinajstić information content (AvgIpc) is 3.18. The molecular formula is C25H35N5O5. The van der Waals surface area contributed by atoms with E-state index in [1.54, 1.807) is 26.4 Å². The molecule has 0 bridgehead atoms. The number of carbonyl (C=O) groups excluding carboxylic acids is 1. The Bertz CT molecular complexity index is 1290. The zero-order chi connectivity index (χ0) is 25.5. The van der Waals surface area contributed by atoms with E-state index in [0.29, 0.717) is 48.0 Å². The van der Waals surface area contributed by atoms with Crippen LogP contribution in [0, 0.1) is 5.92 Å². The van der Waals surface area contributed by atoms with Gasteiger partial charge in [-0.1, -0.05) is 27.2 Å². The monoisotopic (exact) mass is 485 g/mol. The van der Waals surface area contributed by atoms with E-state index in [2.05, 4.69) is 15.3 Å². The summed E-state index contributed by atoms with van der Waals surface area (Å²) in [4.78, 5) is 45.0. The molecule has 2 N–H and O–H groups in total. The molecule has 0 atom stereocenters. The molecule has 0 saturated carbocycles. The van der Waals surface area contributed by atoms with Crippen LogP contribution in [0.25, 0.3) is 11.2 Å². The van der Waals surface area contributed by atoms with E-state index in [-0.39, 0.29) is 24.8 Å². The van der Waals surface area contributed by atoms with Gasteiger partial charge in [0.15, 0.2) is 11.2 Å². The van der Waals surface area contributed by atoms with E-state index in [9.17, 15) is 14.4 Å². The molecule has 0 aliphatic heterocycles. The van der Waals surface area contributed by atoms with Crippen LogP contribution in [0.15, 0.2) is 27.8 Å². The number of aromatic nitrogens is 4. The Morgan fingerprint density at radius 1 is 1.17 bits per heavy atom. The van der Waals surface area contributed by atoms with Crippen molar-refractivity contribution in [3.8, 4) is 11.5 Å². The number of methoxy groups -OCH3 is 2. The second-order valence-electron chi connectivity index (χ2n) is 8.92. The number of hydrogen-bond donors (Lipinski definition) is 2. The van der Waals surface area contributed by atoms with E-state index < -0.39 is 11.2 Å². The van der Waals surface area contributed by atoms with Gasteiger partial charge in [0.2, 0.25) is 5.91 Å². The van der Waals surface area contributed by atoms with Gasteiger partial charge >= 0.3 is 5.69 Å². The summed E-state index contributed by atoms with van der Waals surface area (Å²) in [6.07, 6.45) is 2.23. The number of aryl methyl sites for hydroxylation is 2. The minimum atomic E-state index is -0.457. The molecule has 35 heavy (non-hydrogen) atoms. The Morgan fingerprint density at radius 2 is 1.94 bits per heavy atom. The van der Waals surface area contributed by atoms with E-state index in [4.69, 9.17) is 9.47 Å². The molecule has 0 unspecified atom stereocenters. The Labute approximate surface area is 204 Å². The number of carbonyl (C=O) groups is 1. The first kappa shape index (κ1) is 26.1. The topological polar surface area (TPSA) is 120 Å². The fraction of sp³-hybridized carbons (Fsp3) is 0.520. The number of H-pyrrole nitrogens is 1. The van der Waals surface area contributed by atoms with Gasteiger partial charge in [0, 0.05) is 38.0 Å². The van der Waals surface area contributed by atoms with Gasteiger partial charge in [-0.05, 0) is 30.5 Å². The summed E-state index contributed by atoms with van der Waals surface area (Å²) in [7, 11) is 3.16. The Morgan fingerprint density at radius 3 is 2.60 bits per heavy atom. The van der Waals surface area contributed by atoms with Crippen molar-refractivity contribution in [3.63, 3.8) is 0 Å². The van der Waals surface area contributed by atoms with Crippen molar-refractivity contribution < 1.29 is 14.3 Å². The van der Waals surface area contributed by atoms with Crippen molar-refractivity contribution >= 4 is 17.1 Å². The number of fused-ring (bicyclic) bond motifs is 1. The summed E-state index contributed by atoms with van der Waals surface area (Å²) in [6, 6.07) is 5.42. The molecule has 10 heteroatoms. The lowest BCUT2D eigenvalue weighted by Gasteiger charge is -2.13. The predicted octanol–water partition coefficient (Wildman–Crippen LogP) is 2.61. The second-order valence-corrected chi connectivity index (χ2v) is 8.92. The van der Waals surface area contributed by atoms with Crippen LogP contribution in [0.1, 0.15) is 51.4 Å². The maximum atomic E-state index is 12.7. The smallest absolute Gasteiger partial charge is 0.330 e. The van der Waals surface area contributed by atoms with Crippen LogP contribution in [0.5, 0.6) is 11.5 Å². The molecule has 0 saturated heterocycles. The van der Waals surface area contributed by atoms with Gasteiger partial charge < -0.3 is 19.4 Å². The number of nitrogens with one attached hydrogen (secondary N) is 2. The number of imidazole rings is 1. The van der Waals surface area contributed by atoms with Gasteiger partial charge in [0.05, 0.1) is 14.2 Å². The highest BCUT2D eigenvalue weighted by Gasteiger charge is 2.20. The summed E-state index contributed by atoms with van der Waals surface area (Å²) in [5.74, 6) is 2.04. The lowest BCUT2D eigenvalue weighted by molar-refractivity contribution is -0.121. The number of ether oxygens (including phenoxy) is 2. The lowest BCUT2D eigenvalue weighted by atomic mass is 10.1. The molecule has 0 aliphatic carbocycles. The second kappa shape index (κ2) is 11.7. The maximum absolute atomic E-state index is 12.7. The highest BCUT2D eigenvalue weighted by atomic mass is 16.5. The van der Waals surface area contributed by atoms with Gasteiger partial charge in [0.1, 0.15) is 17.3 Å². The first-order valence-electron chi connectivity index (χ1n) is 12.0. The first-order chi connectivity index (χ1) is 16.8. The summed E-state index contributed by atoms with van der Waals surface area (Å²) >= 11 is 0. The minimum absolute atomic E-state index is 0.157. The van der Waals surface area contributed by atoms with Crippen LogP contribution in [0.3, 0.4) is 0 Å². The average molecular weight is 486 g/mol. The number of amides is 1. The lowest BCUT2D eigenvalue weighted by Crippen LogP contribution is -2.31. The quantitative estimate of drug-likeness (QED) is 0.407. The van der Waals surface area contributed by atoms with Crippen LogP contribution in [-0.2, 0) is 30.8 Å². The van der Waals surface area contributed by atoms with Crippen molar-refractivity contribution in [2.45, 2.75) is 66.1 Å². The molecule has 0 spiro atoms. The predicted molar refractivity (Wildman–Crippen MR) is 134 cm³/mol. The fourth-order valence-corrected chi connectivity index (χ4v) is 4.02. The number of rotatable bonds is 12. The summed E-state index contributed by atoms with van der Waals surface area (Å²) < 4.78 is 14.0. The number of aromatic amines is 1. The van der Waals surface area contributed by atoms with Crippen LogP contribution < -0.4 is 26.0 Å². The molecule has 0 fully saturated rings. The third kappa shape index (κ3) is 6.12. The Balaban J connectivity index is 1.83. The molecule has 10 nitrogen and oxygen atoms in total. The third-order valence-electron chi connectivity index (χ3n) is 5.79. The largest absolute Gasteiger partial charge is 0.497 e. The highest BCUT2D eigenvalue weighted by molar-refractivity contribution is 5.76. The standard InChI is InChI=1S/C25H35N5O5/c1-6-7-12-29-23-22(24(32)28-25(29)33)30(15-16(2)3)20(27-23)10-11-21(31)26-14-17-13-18(34-4)8-9-19(17)35-5/h8-9,13,16H,6-7,10-12,14-15H2,1-5H3,(H,26,31)(H,28,32,33). The molecule has 3 aromatic rings. The SMILES string of the molecule is CCCCn1c(=O)[nH]c(=O)c2c1nc(CCC(=O)NCc1cc(OC)ccc1OC)n2CC(C)C. The normalized spacial score (nSPS) is 11.3. The maximum Gasteiger partial charge on any atom is 0.330 e. The first-order valence-corrected chi connectivity index (χ1v) is 12.0. The number of unbranched alkanes of at least 4 members (excludes halogenated alkanes) is 1. The summed E-state index contributed by atoms with van der Waals surface area (Å²) in [5.41, 5.74) is 0.655. The molecule has 1 amide bonds. The van der Waals surface area contributed by atoms with Gasteiger partial charge in [-0.3, -0.25) is 19.1 Å². The van der Waals surface area contributed by atoms with Crippen LogP contribution in [0.4, 0.5) is 0 Å². The summed E-state index contributed by atoms with van der Waals surface area (Å²) in [6.45, 7) is 7.46. The van der Waals surface area contributed by atoms with Gasteiger partial charge in [-0.25, -0.2) is 9.78 Å². The van der Waals surface area contributed by atoms with Crippen molar-refractivity contribution in [1.29, 1.82) is 0 Å². The van der Waals surface area contributed by atoms with E-state index in [1.807, 2.05) is 31.4 Å². The number of benzene rings is 1. The molecule has 190 valence electrons. The Hall–Kier alpha value is -3.56.